The Bertz CT molecular complexity index is 186. The van der Waals surface area contributed by atoms with E-state index in [1.54, 1.807) is 0 Å². The second-order valence-electron chi connectivity index (χ2n) is 3.58. The van der Waals surface area contributed by atoms with Crippen molar-refractivity contribution in [3.8, 4) is 0 Å². The Morgan fingerprint density at radius 3 is 2.90 bits per heavy atom. The minimum absolute atomic E-state index is 0.289. The summed E-state index contributed by atoms with van der Waals surface area (Å²) in [7, 11) is 0. The van der Waals surface area contributed by atoms with Crippen molar-refractivity contribution in [2.75, 3.05) is 0 Å². The normalized spacial score (nSPS) is 52.4. The Kier molecular flexibility index (Phi) is 1.17. The maximum atomic E-state index is 11.2. The van der Waals surface area contributed by atoms with Crippen LogP contribution in [0.3, 0.4) is 0 Å². The van der Waals surface area contributed by atoms with Crippen molar-refractivity contribution in [2.24, 2.45) is 11.8 Å². The Labute approximate surface area is 65.7 Å². The first-order valence-corrected chi connectivity index (χ1v) is 4.25. The molecule has 56 valence electrons. The van der Waals surface area contributed by atoms with Crippen LogP contribution in [0, 0.1) is 11.8 Å². The van der Waals surface area contributed by atoms with E-state index in [1.165, 1.54) is 6.42 Å². The lowest BCUT2D eigenvalue weighted by molar-refractivity contribution is -0.137. The van der Waals surface area contributed by atoms with Crippen molar-refractivity contribution in [2.45, 2.75) is 31.1 Å². The van der Waals surface area contributed by atoms with Crippen LogP contribution < -0.4 is 0 Å². The van der Waals surface area contributed by atoms with Crippen molar-refractivity contribution in [1.29, 1.82) is 0 Å². The number of carbonyl (C=O) groups excluding carboxylic acids is 1. The minimum atomic E-state index is -0.485. The van der Waals surface area contributed by atoms with Gasteiger partial charge in [0.05, 0.1) is 0 Å². The highest BCUT2D eigenvalue weighted by Gasteiger charge is 2.59. The summed E-state index contributed by atoms with van der Waals surface area (Å²) in [5, 5.41) is 0. The van der Waals surface area contributed by atoms with E-state index in [1.807, 2.05) is 6.92 Å². The Morgan fingerprint density at radius 2 is 2.30 bits per heavy atom. The van der Waals surface area contributed by atoms with Crippen LogP contribution >= 0.6 is 11.6 Å². The highest BCUT2D eigenvalue weighted by atomic mass is 35.5. The van der Waals surface area contributed by atoms with Crippen LogP contribution in [0.5, 0.6) is 0 Å². The third-order valence-electron chi connectivity index (χ3n) is 3.03. The molecule has 0 aliphatic heterocycles. The summed E-state index contributed by atoms with van der Waals surface area (Å²) in [6.07, 6.45) is 3.45. The molecule has 2 heteroatoms. The third-order valence-corrected chi connectivity index (χ3v) is 3.50. The fraction of sp³-hybridized carbons (Fsp3) is 0.875. The fourth-order valence-corrected chi connectivity index (χ4v) is 2.77. The molecule has 10 heavy (non-hydrogen) atoms. The molecule has 2 fully saturated rings. The van der Waals surface area contributed by atoms with Gasteiger partial charge in [0.2, 0.25) is 0 Å². The molecule has 0 saturated heterocycles. The van der Waals surface area contributed by atoms with E-state index in [0.717, 1.165) is 12.8 Å². The average molecular weight is 159 g/mol. The van der Waals surface area contributed by atoms with Gasteiger partial charge in [-0.05, 0) is 25.7 Å². The van der Waals surface area contributed by atoms with Gasteiger partial charge in [-0.25, -0.2) is 0 Å². The van der Waals surface area contributed by atoms with Gasteiger partial charge in [-0.3, -0.25) is 4.79 Å². The molecule has 0 heterocycles. The van der Waals surface area contributed by atoms with Gasteiger partial charge >= 0.3 is 0 Å². The first kappa shape index (κ1) is 6.66. The van der Waals surface area contributed by atoms with E-state index in [0.29, 0.717) is 11.8 Å². The van der Waals surface area contributed by atoms with Crippen LogP contribution in [-0.4, -0.2) is 10.7 Å². The van der Waals surface area contributed by atoms with Gasteiger partial charge in [0.1, 0.15) is 4.87 Å². The number of hydrogen-bond acceptors (Lipinski definition) is 1. The summed E-state index contributed by atoms with van der Waals surface area (Å²) in [5.74, 6) is 1.13. The lowest BCUT2D eigenvalue weighted by Crippen LogP contribution is -2.55. The predicted molar refractivity (Wildman–Crippen MR) is 40.1 cm³/mol. The minimum Gasteiger partial charge on any atom is -0.297 e. The zero-order valence-electron chi connectivity index (χ0n) is 6.06. The number of ketones is 1. The van der Waals surface area contributed by atoms with Crippen LogP contribution in [0.15, 0.2) is 0 Å². The molecule has 0 aromatic rings. The van der Waals surface area contributed by atoms with E-state index in [9.17, 15) is 4.79 Å². The van der Waals surface area contributed by atoms with Crippen molar-refractivity contribution >= 4 is 17.4 Å². The standard InChI is InChI=1S/C8H11ClO/c1-8(9)6-4-2-3-5(6)7(8)10/h5-6H,2-4H2,1H3. The Balaban J connectivity index is 2.23. The van der Waals surface area contributed by atoms with Gasteiger partial charge in [-0.15, -0.1) is 11.6 Å². The van der Waals surface area contributed by atoms with Crippen LogP contribution in [0.2, 0.25) is 0 Å². The van der Waals surface area contributed by atoms with Gasteiger partial charge < -0.3 is 0 Å². The summed E-state index contributed by atoms with van der Waals surface area (Å²) >= 11 is 6.01. The van der Waals surface area contributed by atoms with Crippen LogP contribution in [0.1, 0.15) is 26.2 Å². The Morgan fingerprint density at radius 1 is 1.60 bits per heavy atom. The van der Waals surface area contributed by atoms with Crippen LogP contribution in [0.25, 0.3) is 0 Å². The maximum absolute atomic E-state index is 11.2. The maximum Gasteiger partial charge on any atom is 0.157 e. The number of carbonyl (C=O) groups is 1. The summed E-state index contributed by atoms with van der Waals surface area (Å²) in [5.41, 5.74) is 0. The highest BCUT2D eigenvalue weighted by Crippen LogP contribution is 2.53. The van der Waals surface area contributed by atoms with Gasteiger partial charge in [-0.1, -0.05) is 6.42 Å². The first-order chi connectivity index (χ1) is 4.64. The summed E-state index contributed by atoms with van der Waals surface area (Å²) in [6.45, 7) is 1.86. The molecule has 2 saturated carbocycles. The molecule has 2 aliphatic carbocycles. The number of hydrogen-bond donors (Lipinski definition) is 0. The molecule has 0 aromatic carbocycles. The molecule has 3 unspecified atom stereocenters. The highest BCUT2D eigenvalue weighted by molar-refractivity contribution is 6.38. The van der Waals surface area contributed by atoms with E-state index >= 15 is 0 Å². The molecule has 0 radical (unpaired) electrons. The quantitative estimate of drug-likeness (QED) is 0.493. The number of halogens is 1. The smallest absolute Gasteiger partial charge is 0.157 e. The predicted octanol–water partition coefficient (Wildman–Crippen LogP) is 1.98. The van der Waals surface area contributed by atoms with Crippen molar-refractivity contribution < 1.29 is 4.79 Å². The number of Topliss-reactive ketones (excluding diaryl/α,β-unsaturated/α-hetero) is 1. The third kappa shape index (κ3) is 0.572. The van der Waals surface area contributed by atoms with Crippen molar-refractivity contribution in [3.05, 3.63) is 0 Å². The van der Waals surface area contributed by atoms with Crippen molar-refractivity contribution in [1.82, 2.24) is 0 Å². The number of alkyl halides is 1. The van der Waals surface area contributed by atoms with Crippen molar-refractivity contribution in [3.63, 3.8) is 0 Å². The molecule has 0 amide bonds. The topological polar surface area (TPSA) is 17.1 Å². The SMILES string of the molecule is CC1(Cl)C(=O)C2CCCC21. The molecule has 0 spiro atoms. The average Bonchev–Trinajstić information content (AvgIpc) is 2.31. The molecule has 0 N–H and O–H groups in total. The van der Waals surface area contributed by atoms with E-state index in [-0.39, 0.29) is 5.78 Å². The van der Waals surface area contributed by atoms with E-state index in [2.05, 4.69) is 0 Å². The number of rotatable bonds is 0. The summed E-state index contributed by atoms with van der Waals surface area (Å²) in [4.78, 5) is 10.7. The van der Waals surface area contributed by atoms with E-state index < -0.39 is 4.87 Å². The second-order valence-corrected chi connectivity index (χ2v) is 4.37. The first-order valence-electron chi connectivity index (χ1n) is 3.87. The van der Waals surface area contributed by atoms with Gasteiger partial charge in [0, 0.05) is 5.92 Å². The molecule has 0 bridgehead atoms. The lowest BCUT2D eigenvalue weighted by Gasteiger charge is -2.43. The molecular weight excluding hydrogens is 148 g/mol. The molecule has 2 aliphatic rings. The fourth-order valence-electron chi connectivity index (χ4n) is 2.37. The van der Waals surface area contributed by atoms with E-state index in [4.69, 9.17) is 11.6 Å². The molecule has 2 rings (SSSR count). The number of fused-ring (bicyclic) bond motifs is 1. The van der Waals surface area contributed by atoms with Crippen LogP contribution in [-0.2, 0) is 4.79 Å². The molecular formula is C8H11ClO. The molecule has 1 nitrogen and oxygen atoms in total. The summed E-state index contributed by atoms with van der Waals surface area (Å²) < 4.78 is 0. The zero-order valence-corrected chi connectivity index (χ0v) is 6.82. The van der Waals surface area contributed by atoms with Gasteiger partial charge in [-0.2, -0.15) is 0 Å². The van der Waals surface area contributed by atoms with Gasteiger partial charge in [0.15, 0.2) is 5.78 Å². The Hall–Kier alpha value is -0.0400. The summed E-state index contributed by atoms with van der Waals surface area (Å²) in [6, 6.07) is 0. The van der Waals surface area contributed by atoms with Crippen LogP contribution in [0.4, 0.5) is 0 Å². The monoisotopic (exact) mass is 158 g/mol. The van der Waals surface area contributed by atoms with Gasteiger partial charge in [0.25, 0.3) is 0 Å². The largest absolute Gasteiger partial charge is 0.297 e. The molecule has 3 atom stereocenters. The second kappa shape index (κ2) is 1.76. The lowest BCUT2D eigenvalue weighted by atomic mass is 9.66. The zero-order chi connectivity index (χ0) is 7.35. The molecule has 0 aromatic heterocycles.